The Morgan fingerprint density at radius 3 is 2.22 bits per heavy atom. The maximum atomic E-state index is 14.3. The van der Waals surface area contributed by atoms with Crippen LogP contribution in [0.1, 0.15) is 97.4 Å². The van der Waals surface area contributed by atoms with Gasteiger partial charge in [0, 0.05) is 61.2 Å². The summed E-state index contributed by atoms with van der Waals surface area (Å²) in [5.74, 6) is -0.932. The Morgan fingerprint density at radius 2 is 1.60 bits per heavy atom. The van der Waals surface area contributed by atoms with Crippen LogP contribution in [0.15, 0.2) is 54.7 Å². The number of halogens is 1. The Balaban J connectivity index is 0.968. The fraction of sp³-hybridized carbons (Fsp3) is 0.465. The molecule has 0 bridgehead atoms. The number of nitrogens with two attached hydrogens (primary N) is 1. The van der Waals surface area contributed by atoms with Crippen molar-refractivity contribution >= 4 is 47.0 Å². The third-order valence-corrected chi connectivity index (χ3v) is 12.6. The molecule has 15 heteroatoms. The van der Waals surface area contributed by atoms with Crippen molar-refractivity contribution in [3.05, 3.63) is 82.0 Å². The number of hydrogen-bond donors (Lipinski definition) is 1. The fourth-order valence-electron chi connectivity index (χ4n) is 9.92. The summed E-state index contributed by atoms with van der Waals surface area (Å²) < 4.78 is 12.5. The highest BCUT2D eigenvalue weighted by Gasteiger charge is 2.68. The van der Waals surface area contributed by atoms with Gasteiger partial charge in [0.05, 0.1) is 39.9 Å². The number of carbonyl (C=O) groups excluding carboxylic acids is 5. The van der Waals surface area contributed by atoms with E-state index in [0.29, 0.717) is 29.2 Å². The number of hydrogen-bond acceptors (Lipinski definition) is 11. The van der Waals surface area contributed by atoms with Gasteiger partial charge in [0.2, 0.25) is 11.8 Å². The molecule has 0 spiro atoms. The Labute approximate surface area is 342 Å². The number of piperidine rings is 1. The lowest BCUT2D eigenvalue weighted by atomic mass is 9.48. The van der Waals surface area contributed by atoms with E-state index >= 15 is 0 Å². The van der Waals surface area contributed by atoms with Crippen LogP contribution in [0.25, 0.3) is 0 Å². The van der Waals surface area contributed by atoms with Crippen LogP contribution < -0.4 is 20.1 Å². The van der Waals surface area contributed by atoms with Crippen molar-refractivity contribution in [2.45, 2.75) is 91.1 Å². The Kier molecular flexibility index (Phi) is 10.8. The number of amides is 5. The number of ether oxygens (including phenoxy) is 2. The van der Waals surface area contributed by atoms with Crippen molar-refractivity contribution in [1.82, 2.24) is 19.7 Å². The van der Waals surface area contributed by atoms with Crippen molar-refractivity contribution in [2.24, 2.45) is 16.6 Å². The van der Waals surface area contributed by atoms with Crippen LogP contribution in [0, 0.1) is 22.2 Å². The van der Waals surface area contributed by atoms with E-state index < -0.39 is 52.6 Å². The molecule has 0 radical (unpaired) electrons. The van der Waals surface area contributed by atoms with E-state index in [4.69, 9.17) is 26.8 Å². The van der Waals surface area contributed by atoms with Gasteiger partial charge in [-0.15, -0.1) is 0 Å². The molecule has 3 aromatic rings. The number of rotatable bonds is 11. The minimum absolute atomic E-state index is 0.00912. The number of pyridine rings is 1. The molecule has 3 aliphatic heterocycles. The number of primary amides is 1. The summed E-state index contributed by atoms with van der Waals surface area (Å²) in [5, 5.41) is 9.52. The number of fused-ring (bicyclic) bond motifs is 1. The van der Waals surface area contributed by atoms with Gasteiger partial charge in [-0.05, 0) is 69.2 Å². The van der Waals surface area contributed by atoms with Crippen LogP contribution in [0.5, 0.6) is 11.5 Å². The van der Waals surface area contributed by atoms with E-state index in [2.05, 4.69) is 28.6 Å². The summed E-state index contributed by atoms with van der Waals surface area (Å²) in [4.78, 5) is 78.3. The monoisotopic (exact) mass is 809 g/mol. The van der Waals surface area contributed by atoms with Crippen molar-refractivity contribution in [3.63, 3.8) is 0 Å². The molecule has 2 N–H and O–H groups in total. The van der Waals surface area contributed by atoms with Crippen molar-refractivity contribution in [1.29, 1.82) is 5.26 Å². The number of likely N-dealkylation sites (tertiary alicyclic amines) is 1. The number of nitrogens with zero attached hydrogens (tertiary/aromatic N) is 6. The molecule has 1 saturated carbocycles. The molecule has 4 aliphatic rings. The molecule has 3 atom stereocenters. The number of piperazine rings is 1. The van der Waals surface area contributed by atoms with Gasteiger partial charge in [0.25, 0.3) is 17.7 Å². The lowest BCUT2D eigenvalue weighted by Crippen LogP contribution is -2.77. The second kappa shape index (κ2) is 15.3. The molecule has 7 rings (SSSR count). The predicted octanol–water partition coefficient (Wildman–Crippen LogP) is 5.07. The standard InChI is InChI=1S/C43H48ClN7O7/c1-24-22-48(34-14-9-27(21-47-34)36(46)53)23-25(2)49(24)16-7-17-57-28-11-12-30-31(18-28)38(55)50(37(30)54)33-13-15-35(52)51(39(33)56)40-42(3,4)41(43(40,5)6)58-29-10-8-26(20-45)32(44)19-29/h8-12,14,18-19,21,24-25,33,40-41H,7,13,15-17,22-23H2,1-6H3,(H2,46,53)/t24-,25+,33?,40?,41?. The Hall–Kier alpha value is -5.52. The molecule has 5 amide bonds. The largest absolute Gasteiger partial charge is 0.494 e. The van der Waals surface area contributed by atoms with Gasteiger partial charge in [0.1, 0.15) is 35.5 Å². The van der Waals surface area contributed by atoms with E-state index in [-0.39, 0.29) is 47.0 Å². The average molecular weight is 810 g/mol. The lowest BCUT2D eigenvalue weighted by molar-refractivity contribution is -0.216. The van der Waals surface area contributed by atoms with Gasteiger partial charge >= 0.3 is 0 Å². The molecule has 2 saturated heterocycles. The third kappa shape index (κ3) is 7.04. The zero-order valence-electron chi connectivity index (χ0n) is 33.5. The zero-order valence-corrected chi connectivity index (χ0v) is 34.3. The second-order valence-electron chi connectivity index (χ2n) is 17.0. The molecule has 1 aliphatic carbocycles. The first-order chi connectivity index (χ1) is 27.4. The first kappa shape index (κ1) is 40.7. The van der Waals surface area contributed by atoms with E-state index in [0.717, 1.165) is 36.8 Å². The number of imide groups is 2. The highest BCUT2D eigenvalue weighted by atomic mass is 35.5. The predicted molar refractivity (Wildman–Crippen MR) is 214 cm³/mol. The summed E-state index contributed by atoms with van der Waals surface area (Å²) in [6.45, 7) is 14.7. The van der Waals surface area contributed by atoms with Gasteiger partial charge in [-0.1, -0.05) is 39.3 Å². The summed E-state index contributed by atoms with van der Waals surface area (Å²) in [5.41, 5.74) is 4.98. The van der Waals surface area contributed by atoms with Crippen LogP contribution in [-0.4, -0.2) is 106 Å². The molecule has 14 nitrogen and oxygen atoms in total. The van der Waals surface area contributed by atoms with Gasteiger partial charge in [-0.25, -0.2) is 4.98 Å². The highest BCUT2D eigenvalue weighted by molar-refractivity contribution is 6.31. The normalized spacial score (nSPS) is 25.3. The SMILES string of the molecule is C[C@@H]1CN(c2ccc(C(N)=O)cn2)C[C@H](C)N1CCCOc1ccc2c(c1)C(=O)N(C1CCC(=O)N(C3C(C)(C)C(Oc4ccc(C#N)c(Cl)c4)C3(C)C)C1=O)C2=O. The third-order valence-electron chi connectivity index (χ3n) is 12.2. The Morgan fingerprint density at radius 1 is 0.931 bits per heavy atom. The molecule has 1 aromatic heterocycles. The van der Waals surface area contributed by atoms with Crippen LogP contribution in [-0.2, 0) is 9.59 Å². The second-order valence-corrected chi connectivity index (χ2v) is 17.4. The Bertz CT molecular complexity index is 2190. The number of aromatic nitrogens is 1. The summed E-state index contributed by atoms with van der Waals surface area (Å²) in [7, 11) is 0. The van der Waals surface area contributed by atoms with Crippen molar-refractivity contribution < 1.29 is 33.4 Å². The maximum absolute atomic E-state index is 14.3. The highest BCUT2D eigenvalue weighted by Crippen LogP contribution is 2.58. The lowest BCUT2D eigenvalue weighted by Gasteiger charge is -2.65. The number of carbonyl (C=O) groups is 5. The molecule has 304 valence electrons. The zero-order chi connectivity index (χ0) is 41.8. The maximum Gasteiger partial charge on any atom is 0.262 e. The average Bonchev–Trinajstić information content (AvgIpc) is 3.42. The van der Waals surface area contributed by atoms with Gasteiger partial charge in [0.15, 0.2) is 0 Å². The summed E-state index contributed by atoms with van der Waals surface area (Å²) in [6, 6.07) is 13.9. The van der Waals surface area contributed by atoms with E-state index in [9.17, 15) is 29.2 Å². The topological polar surface area (TPSA) is 179 Å². The summed E-state index contributed by atoms with van der Waals surface area (Å²) >= 11 is 6.26. The molecular weight excluding hydrogens is 762 g/mol. The smallest absolute Gasteiger partial charge is 0.262 e. The van der Waals surface area contributed by atoms with Crippen LogP contribution in [0.2, 0.25) is 5.02 Å². The number of nitriles is 1. The van der Waals surface area contributed by atoms with E-state index in [1.165, 1.54) is 11.1 Å². The van der Waals surface area contributed by atoms with Crippen molar-refractivity contribution in [2.75, 3.05) is 31.1 Å². The van der Waals surface area contributed by atoms with E-state index in [1.807, 2.05) is 39.8 Å². The van der Waals surface area contributed by atoms with Crippen LogP contribution >= 0.6 is 11.6 Å². The molecular formula is C43H48ClN7O7. The fourth-order valence-corrected chi connectivity index (χ4v) is 10.1. The number of benzene rings is 2. The summed E-state index contributed by atoms with van der Waals surface area (Å²) in [6.07, 6.45) is 1.80. The molecule has 2 aromatic carbocycles. The van der Waals surface area contributed by atoms with Crippen molar-refractivity contribution in [3.8, 4) is 17.6 Å². The number of anilines is 1. The van der Waals surface area contributed by atoms with Crippen LogP contribution in [0.3, 0.4) is 0 Å². The first-order valence-corrected chi connectivity index (χ1v) is 20.0. The van der Waals surface area contributed by atoms with Gasteiger partial charge < -0.3 is 20.1 Å². The first-order valence-electron chi connectivity index (χ1n) is 19.6. The van der Waals surface area contributed by atoms with Gasteiger partial charge in [-0.2, -0.15) is 5.26 Å². The molecule has 58 heavy (non-hydrogen) atoms. The van der Waals surface area contributed by atoms with Crippen LogP contribution in [0.4, 0.5) is 5.82 Å². The molecule has 3 fully saturated rings. The quantitative estimate of drug-likeness (QED) is 0.202. The molecule has 4 heterocycles. The minimum atomic E-state index is -1.15. The van der Waals surface area contributed by atoms with E-state index in [1.54, 1.807) is 42.5 Å². The van der Waals surface area contributed by atoms with Gasteiger partial charge in [-0.3, -0.25) is 38.7 Å². The minimum Gasteiger partial charge on any atom is -0.494 e. The molecule has 1 unspecified atom stereocenters.